The van der Waals surface area contributed by atoms with Crippen LogP contribution in [0.4, 0.5) is 0 Å². The highest BCUT2D eigenvalue weighted by atomic mass is 16.5. The second-order valence-electron chi connectivity index (χ2n) is 4.48. The van der Waals surface area contributed by atoms with E-state index >= 15 is 0 Å². The van der Waals surface area contributed by atoms with Crippen molar-refractivity contribution >= 4 is 11.8 Å². The van der Waals surface area contributed by atoms with E-state index in [1.54, 1.807) is 6.92 Å². The predicted molar refractivity (Wildman–Crippen MR) is 65.3 cm³/mol. The van der Waals surface area contributed by atoms with Gasteiger partial charge < -0.3 is 15.8 Å². The van der Waals surface area contributed by atoms with Crippen molar-refractivity contribution in [3.63, 3.8) is 0 Å². The largest absolute Gasteiger partial charge is 0.376 e. The number of ether oxygens (including phenoxy) is 1. The molecule has 0 spiro atoms. The van der Waals surface area contributed by atoms with Crippen molar-refractivity contribution in [1.29, 1.82) is 0 Å². The van der Waals surface area contributed by atoms with Crippen molar-refractivity contribution in [2.24, 2.45) is 5.73 Å². The molecule has 1 aromatic heterocycles. The van der Waals surface area contributed by atoms with E-state index in [2.05, 4.69) is 15.6 Å². The number of nitrogens with zero attached hydrogens (tertiary/aromatic N) is 3. The van der Waals surface area contributed by atoms with Crippen molar-refractivity contribution in [1.82, 2.24) is 20.3 Å². The number of carbonyl (C=O) groups excluding carboxylic acids is 2. The highest BCUT2D eigenvalue weighted by Crippen LogP contribution is 2.10. The van der Waals surface area contributed by atoms with E-state index in [0.717, 1.165) is 19.4 Å². The Morgan fingerprint density at radius 2 is 2.37 bits per heavy atom. The Balaban J connectivity index is 1.86. The smallest absolute Gasteiger partial charge is 0.271 e. The molecule has 2 heterocycles. The molecule has 1 aliphatic heterocycles. The number of hydrogen-bond acceptors (Lipinski definition) is 5. The molecular formula is C11H17N5O3. The van der Waals surface area contributed by atoms with Gasteiger partial charge in [-0.1, -0.05) is 5.21 Å². The van der Waals surface area contributed by atoms with Crippen molar-refractivity contribution in [2.75, 3.05) is 13.2 Å². The van der Waals surface area contributed by atoms with Crippen LogP contribution >= 0.6 is 0 Å². The first-order valence-electron chi connectivity index (χ1n) is 6.16. The van der Waals surface area contributed by atoms with Crippen LogP contribution < -0.4 is 11.1 Å². The fourth-order valence-corrected chi connectivity index (χ4v) is 1.96. The van der Waals surface area contributed by atoms with Crippen LogP contribution in [0.25, 0.3) is 0 Å². The van der Waals surface area contributed by atoms with E-state index < -0.39 is 5.91 Å². The Labute approximate surface area is 110 Å². The summed E-state index contributed by atoms with van der Waals surface area (Å²) >= 11 is 0. The summed E-state index contributed by atoms with van der Waals surface area (Å²) in [7, 11) is 0. The Morgan fingerprint density at radius 3 is 2.95 bits per heavy atom. The second-order valence-corrected chi connectivity index (χ2v) is 4.48. The Bertz CT molecular complexity index is 479. The van der Waals surface area contributed by atoms with Gasteiger partial charge in [-0.15, -0.1) is 5.10 Å². The van der Waals surface area contributed by atoms with Gasteiger partial charge in [0.05, 0.1) is 11.8 Å². The molecule has 0 bridgehead atoms. The molecule has 0 aliphatic carbocycles. The summed E-state index contributed by atoms with van der Waals surface area (Å²) in [6.45, 7) is 2.91. The summed E-state index contributed by atoms with van der Waals surface area (Å²) < 4.78 is 6.75. The number of nitrogens with one attached hydrogen (secondary N) is 1. The fraction of sp³-hybridized carbons (Fsp3) is 0.636. The van der Waals surface area contributed by atoms with Gasteiger partial charge in [-0.05, 0) is 19.8 Å². The van der Waals surface area contributed by atoms with Crippen molar-refractivity contribution in [3.8, 4) is 0 Å². The fourth-order valence-electron chi connectivity index (χ4n) is 1.96. The molecule has 2 rings (SSSR count). The van der Waals surface area contributed by atoms with Crippen LogP contribution in [0.2, 0.25) is 0 Å². The summed E-state index contributed by atoms with van der Waals surface area (Å²) in [5.74, 6) is -0.844. The maximum atomic E-state index is 11.7. The molecule has 19 heavy (non-hydrogen) atoms. The van der Waals surface area contributed by atoms with Gasteiger partial charge >= 0.3 is 0 Å². The average Bonchev–Trinajstić information content (AvgIpc) is 2.98. The number of rotatable bonds is 5. The Kier molecular flexibility index (Phi) is 4.10. The minimum Gasteiger partial charge on any atom is -0.376 e. The molecule has 1 atom stereocenters. The maximum absolute atomic E-state index is 11.7. The lowest BCUT2D eigenvalue weighted by Crippen LogP contribution is -2.34. The zero-order valence-electron chi connectivity index (χ0n) is 10.8. The maximum Gasteiger partial charge on any atom is 0.271 e. The third-order valence-electron chi connectivity index (χ3n) is 3.06. The Hall–Kier alpha value is -1.96. The first-order chi connectivity index (χ1) is 9.08. The predicted octanol–water partition coefficient (Wildman–Crippen LogP) is -1.02. The van der Waals surface area contributed by atoms with Crippen LogP contribution in [-0.4, -0.2) is 46.1 Å². The summed E-state index contributed by atoms with van der Waals surface area (Å²) in [6, 6.07) is 0. The first kappa shape index (κ1) is 13.5. The molecule has 1 aliphatic rings. The molecule has 3 N–H and O–H groups in total. The number of carbonyl (C=O) groups is 2. The van der Waals surface area contributed by atoms with Crippen molar-refractivity contribution in [3.05, 3.63) is 11.4 Å². The van der Waals surface area contributed by atoms with Gasteiger partial charge in [0.1, 0.15) is 6.54 Å². The molecular weight excluding hydrogens is 250 g/mol. The molecule has 8 heteroatoms. The van der Waals surface area contributed by atoms with Gasteiger partial charge in [-0.25, -0.2) is 4.68 Å². The van der Waals surface area contributed by atoms with Crippen molar-refractivity contribution in [2.45, 2.75) is 32.4 Å². The lowest BCUT2D eigenvalue weighted by Gasteiger charge is -2.10. The monoisotopic (exact) mass is 267 g/mol. The van der Waals surface area contributed by atoms with Gasteiger partial charge in [0.15, 0.2) is 5.69 Å². The molecule has 1 unspecified atom stereocenters. The third-order valence-corrected chi connectivity index (χ3v) is 3.06. The molecule has 0 saturated carbocycles. The molecule has 1 fully saturated rings. The van der Waals surface area contributed by atoms with Crippen LogP contribution in [0.5, 0.6) is 0 Å². The summed E-state index contributed by atoms with van der Waals surface area (Å²) in [4.78, 5) is 22.7. The summed E-state index contributed by atoms with van der Waals surface area (Å²) in [5, 5.41) is 10.1. The molecule has 0 radical (unpaired) electrons. The zero-order chi connectivity index (χ0) is 13.8. The second kappa shape index (κ2) is 5.79. The highest BCUT2D eigenvalue weighted by molar-refractivity contribution is 5.91. The van der Waals surface area contributed by atoms with Gasteiger partial charge in [-0.3, -0.25) is 9.59 Å². The van der Waals surface area contributed by atoms with E-state index in [0.29, 0.717) is 12.2 Å². The quantitative estimate of drug-likeness (QED) is 0.709. The number of aromatic nitrogens is 3. The van der Waals surface area contributed by atoms with Gasteiger partial charge in [0, 0.05) is 13.2 Å². The molecule has 8 nitrogen and oxygen atoms in total. The lowest BCUT2D eigenvalue weighted by molar-refractivity contribution is -0.122. The zero-order valence-corrected chi connectivity index (χ0v) is 10.8. The number of primary amides is 1. The van der Waals surface area contributed by atoms with E-state index in [1.165, 1.54) is 4.68 Å². The summed E-state index contributed by atoms with van der Waals surface area (Å²) in [5.41, 5.74) is 5.70. The number of hydrogen-bond donors (Lipinski definition) is 2. The van der Waals surface area contributed by atoms with E-state index in [4.69, 9.17) is 10.5 Å². The standard InChI is InChI=1S/C11H17N5O3/c1-7-10(11(12)18)14-15-16(7)6-9(17)13-5-8-3-2-4-19-8/h8H,2-6H2,1H3,(H2,12,18)(H,13,17). The highest BCUT2D eigenvalue weighted by Gasteiger charge is 2.18. The van der Waals surface area contributed by atoms with Gasteiger partial charge in [0.25, 0.3) is 5.91 Å². The minimum atomic E-state index is -0.650. The number of nitrogens with two attached hydrogens (primary N) is 1. The molecule has 2 amide bonds. The van der Waals surface area contributed by atoms with Crippen LogP contribution in [0.3, 0.4) is 0 Å². The molecule has 104 valence electrons. The molecule has 1 aromatic rings. The third kappa shape index (κ3) is 3.28. The van der Waals surface area contributed by atoms with Crippen molar-refractivity contribution < 1.29 is 14.3 Å². The van der Waals surface area contributed by atoms with E-state index in [1.807, 2.05) is 0 Å². The van der Waals surface area contributed by atoms with Crippen LogP contribution in [-0.2, 0) is 16.1 Å². The normalized spacial score (nSPS) is 18.5. The van der Waals surface area contributed by atoms with E-state index in [9.17, 15) is 9.59 Å². The van der Waals surface area contributed by atoms with Gasteiger partial charge in [0.2, 0.25) is 5.91 Å². The van der Waals surface area contributed by atoms with E-state index in [-0.39, 0.29) is 24.2 Å². The number of amides is 2. The van der Waals surface area contributed by atoms with Gasteiger partial charge in [-0.2, -0.15) is 0 Å². The Morgan fingerprint density at radius 1 is 1.58 bits per heavy atom. The lowest BCUT2D eigenvalue weighted by atomic mass is 10.2. The van der Waals surface area contributed by atoms with Crippen LogP contribution in [0.1, 0.15) is 29.0 Å². The van der Waals surface area contributed by atoms with Crippen LogP contribution in [0, 0.1) is 6.92 Å². The topological polar surface area (TPSA) is 112 Å². The molecule has 0 aromatic carbocycles. The SMILES string of the molecule is Cc1c(C(N)=O)nnn1CC(=O)NCC1CCCO1. The summed E-state index contributed by atoms with van der Waals surface area (Å²) in [6.07, 6.45) is 2.10. The molecule has 1 saturated heterocycles. The van der Waals surface area contributed by atoms with Crippen LogP contribution in [0.15, 0.2) is 0 Å². The minimum absolute atomic E-state index is 0.0127. The average molecular weight is 267 g/mol. The first-order valence-corrected chi connectivity index (χ1v) is 6.16.